The van der Waals surface area contributed by atoms with Crippen LogP contribution in [0.4, 0.5) is 11.6 Å². The van der Waals surface area contributed by atoms with Gasteiger partial charge in [0, 0.05) is 18.7 Å². The van der Waals surface area contributed by atoms with E-state index in [1.54, 1.807) is 30.3 Å². The number of ether oxygens (including phenoxy) is 3. The van der Waals surface area contributed by atoms with E-state index in [4.69, 9.17) is 14.2 Å². The Morgan fingerprint density at radius 2 is 2.00 bits per heavy atom. The van der Waals surface area contributed by atoms with E-state index in [9.17, 15) is 19.7 Å². The number of hydrogen-bond acceptors (Lipinski definition) is 8. The molecule has 10 nitrogen and oxygen atoms in total. The van der Waals surface area contributed by atoms with Gasteiger partial charge in [-0.25, -0.2) is 0 Å². The van der Waals surface area contributed by atoms with Crippen molar-refractivity contribution in [2.45, 2.75) is 6.10 Å². The van der Waals surface area contributed by atoms with Crippen LogP contribution in [0, 0.1) is 10.1 Å². The van der Waals surface area contributed by atoms with Crippen LogP contribution in [0.2, 0.25) is 0 Å². The Hall–Kier alpha value is -3.53. The fraction of sp³-hybridized carbons (Fsp3) is 0.278. The molecule has 28 heavy (non-hydrogen) atoms. The van der Waals surface area contributed by atoms with Crippen LogP contribution < -0.4 is 9.64 Å². The number of carbonyl (C=O) groups excluding carboxylic acids is 2. The van der Waals surface area contributed by atoms with Gasteiger partial charge in [-0.15, -0.1) is 0 Å². The first-order valence-corrected chi connectivity index (χ1v) is 8.34. The SMILES string of the molecule is COCCOC(=O)CN1C(=O)C(c2ccccc2)Oc2ccc([N+](=O)[O-])nc21. The number of rotatable bonds is 7. The van der Waals surface area contributed by atoms with E-state index in [1.165, 1.54) is 19.2 Å². The molecule has 0 bridgehead atoms. The van der Waals surface area contributed by atoms with E-state index in [2.05, 4.69) is 4.98 Å². The summed E-state index contributed by atoms with van der Waals surface area (Å²) < 4.78 is 15.5. The molecule has 1 atom stereocenters. The number of benzene rings is 1. The Kier molecular flexibility index (Phi) is 5.80. The Morgan fingerprint density at radius 3 is 2.68 bits per heavy atom. The average Bonchev–Trinajstić information content (AvgIpc) is 2.70. The van der Waals surface area contributed by atoms with Crippen molar-refractivity contribution in [1.82, 2.24) is 4.98 Å². The standard InChI is InChI=1S/C18H17N3O7/c1-26-9-10-27-15(22)11-20-17-13(7-8-14(19-17)21(24)25)28-16(18(20)23)12-5-3-2-4-6-12/h2-8,16H,9-11H2,1H3. The minimum atomic E-state index is -1.01. The number of aromatic nitrogens is 1. The summed E-state index contributed by atoms with van der Waals surface area (Å²) in [5, 5.41) is 11.1. The van der Waals surface area contributed by atoms with E-state index in [1.807, 2.05) is 0 Å². The van der Waals surface area contributed by atoms with Gasteiger partial charge in [0.15, 0.2) is 5.75 Å². The van der Waals surface area contributed by atoms with Crippen LogP contribution >= 0.6 is 0 Å². The molecule has 0 saturated carbocycles. The highest BCUT2D eigenvalue weighted by atomic mass is 16.6. The van der Waals surface area contributed by atoms with Crippen molar-refractivity contribution in [2.24, 2.45) is 0 Å². The number of pyridine rings is 1. The third-order valence-electron chi connectivity index (χ3n) is 3.94. The molecule has 10 heteroatoms. The topological polar surface area (TPSA) is 121 Å². The second kappa shape index (κ2) is 8.44. The Balaban J connectivity index is 1.94. The number of fused-ring (bicyclic) bond motifs is 1. The van der Waals surface area contributed by atoms with Gasteiger partial charge in [0.2, 0.25) is 6.10 Å². The first kappa shape index (κ1) is 19.2. The molecule has 0 saturated heterocycles. The summed E-state index contributed by atoms with van der Waals surface area (Å²) in [5.74, 6) is -1.68. The normalized spacial score (nSPS) is 15.5. The molecule has 0 N–H and O–H groups in total. The van der Waals surface area contributed by atoms with E-state index >= 15 is 0 Å². The zero-order valence-electron chi connectivity index (χ0n) is 14.9. The lowest BCUT2D eigenvalue weighted by Gasteiger charge is -2.30. The number of esters is 1. The third-order valence-corrected chi connectivity index (χ3v) is 3.94. The molecule has 1 aromatic heterocycles. The summed E-state index contributed by atoms with van der Waals surface area (Å²) in [6.07, 6.45) is -1.01. The molecule has 1 aliphatic rings. The second-order valence-electron chi connectivity index (χ2n) is 5.79. The lowest BCUT2D eigenvalue weighted by Crippen LogP contribution is -2.45. The third kappa shape index (κ3) is 4.07. The van der Waals surface area contributed by atoms with Crippen LogP contribution in [0.1, 0.15) is 11.7 Å². The van der Waals surface area contributed by atoms with Crippen molar-refractivity contribution in [2.75, 3.05) is 31.8 Å². The van der Waals surface area contributed by atoms with Crippen molar-refractivity contribution < 1.29 is 28.7 Å². The smallest absolute Gasteiger partial charge is 0.366 e. The molecular formula is C18H17N3O7. The highest BCUT2D eigenvalue weighted by molar-refractivity contribution is 6.02. The van der Waals surface area contributed by atoms with E-state index < -0.39 is 35.3 Å². The van der Waals surface area contributed by atoms with Crippen LogP contribution in [0.5, 0.6) is 5.75 Å². The zero-order valence-corrected chi connectivity index (χ0v) is 14.9. The zero-order chi connectivity index (χ0) is 20.1. The average molecular weight is 387 g/mol. The maximum absolute atomic E-state index is 13.0. The van der Waals surface area contributed by atoms with Gasteiger partial charge in [-0.05, 0) is 16.0 Å². The molecule has 1 unspecified atom stereocenters. The van der Waals surface area contributed by atoms with Crippen molar-refractivity contribution in [3.63, 3.8) is 0 Å². The van der Waals surface area contributed by atoms with Crippen LogP contribution in [-0.2, 0) is 19.1 Å². The van der Waals surface area contributed by atoms with E-state index in [0.717, 1.165) is 4.90 Å². The summed E-state index contributed by atoms with van der Waals surface area (Å²) >= 11 is 0. The quantitative estimate of drug-likeness (QED) is 0.304. The number of anilines is 1. The Bertz CT molecular complexity index is 888. The molecule has 1 aromatic carbocycles. The van der Waals surface area contributed by atoms with Crippen molar-refractivity contribution >= 4 is 23.5 Å². The molecule has 2 aromatic rings. The molecular weight excluding hydrogens is 370 g/mol. The Morgan fingerprint density at radius 1 is 1.25 bits per heavy atom. The summed E-state index contributed by atoms with van der Waals surface area (Å²) in [5.41, 5.74) is 0.578. The van der Waals surface area contributed by atoms with Crippen molar-refractivity contribution in [3.05, 3.63) is 58.1 Å². The number of carbonyl (C=O) groups is 2. The maximum atomic E-state index is 13.0. The van der Waals surface area contributed by atoms with Crippen LogP contribution in [0.25, 0.3) is 0 Å². The summed E-state index contributed by atoms with van der Waals surface area (Å²) in [7, 11) is 1.46. The van der Waals surface area contributed by atoms with Gasteiger partial charge in [-0.3, -0.25) is 14.5 Å². The van der Waals surface area contributed by atoms with Gasteiger partial charge >= 0.3 is 11.8 Å². The van der Waals surface area contributed by atoms with Crippen LogP contribution in [0.15, 0.2) is 42.5 Å². The minimum absolute atomic E-state index is 0.0190. The van der Waals surface area contributed by atoms with E-state index in [0.29, 0.717) is 5.56 Å². The summed E-state index contributed by atoms with van der Waals surface area (Å²) in [6.45, 7) is -0.239. The van der Waals surface area contributed by atoms with Crippen molar-refractivity contribution in [3.8, 4) is 5.75 Å². The highest BCUT2D eigenvalue weighted by Crippen LogP contribution is 2.38. The number of nitro groups is 1. The van der Waals surface area contributed by atoms with Gasteiger partial charge in [0.1, 0.15) is 13.2 Å². The van der Waals surface area contributed by atoms with Gasteiger partial charge in [-0.1, -0.05) is 30.3 Å². The molecule has 1 amide bonds. The van der Waals surface area contributed by atoms with Crippen LogP contribution in [0.3, 0.4) is 0 Å². The van der Waals surface area contributed by atoms with Gasteiger partial charge in [0.25, 0.3) is 11.7 Å². The molecule has 0 spiro atoms. The largest absolute Gasteiger partial charge is 0.469 e. The first-order chi connectivity index (χ1) is 13.5. The lowest BCUT2D eigenvalue weighted by molar-refractivity contribution is -0.389. The lowest BCUT2D eigenvalue weighted by atomic mass is 10.1. The molecule has 0 radical (unpaired) electrons. The van der Waals surface area contributed by atoms with Gasteiger partial charge in [0.05, 0.1) is 6.61 Å². The summed E-state index contributed by atoms with van der Waals surface area (Å²) in [6, 6.07) is 11.2. The molecule has 1 aliphatic heterocycles. The first-order valence-electron chi connectivity index (χ1n) is 8.34. The fourth-order valence-corrected chi connectivity index (χ4v) is 2.64. The highest BCUT2D eigenvalue weighted by Gasteiger charge is 2.41. The van der Waals surface area contributed by atoms with Crippen LogP contribution in [-0.4, -0.2) is 48.7 Å². The molecule has 2 heterocycles. The molecule has 146 valence electrons. The Labute approximate surface area is 159 Å². The second-order valence-corrected chi connectivity index (χ2v) is 5.79. The number of methoxy groups -OCH3 is 1. The van der Waals surface area contributed by atoms with Gasteiger partial charge < -0.3 is 24.3 Å². The predicted octanol–water partition coefficient (Wildman–Crippen LogP) is 1.65. The van der Waals surface area contributed by atoms with Crippen molar-refractivity contribution in [1.29, 1.82) is 0 Å². The monoisotopic (exact) mass is 387 g/mol. The van der Waals surface area contributed by atoms with E-state index in [-0.39, 0.29) is 24.8 Å². The minimum Gasteiger partial charge on any atom is -0.469 e. The number of amides is 1. The van der Waals surface area contributed by atoms with Gasteiger partial charge in [-0.2, -0.15) is 0 Å². The number of hydrogen-bond donors (Lipinski definition) is 0. The predicted molar refractivity (Wildman–Crippen MR) is 95.9 cm³/mol. The maximum Gasteiger partial charge on any atom is 0.366 e. The number of nitrogens with zero attached hydrogens (tertiary/aromatic N) is 3. The molecule has 0 aliphatic carbocycles. The fourth-order valence-electron chi connectivity index (χ4n) is 2.64. The molecule has 3 rings (SSSR count). The summed E-state index contributed by atoms with van der Waals surface area (Å²) in [4.78, 5) is 40.4. The molecule has 0 fully saturated rings.